The maximum atomic E-state index is 14.1. The number of fused-ring (bicyclic) bond motifs is 1. The molecule has 5 fully saturated rings. The van der Waals surface area contributed by atoms with Crippen LogP contribution in [0.3, 0.4) is 0 Å². The molecular formula is C29H46Cl2F3N7O4. The first-order chi connectivity index (χ1) is 21.3. The molecule has 0 spiro atoms. The summed E-state index contributed by atoms with van der Waals surface area (Å²) in [5, 5.41) is 21.8. The first-order valence-corrected chi connectivity index (χ1v) is 17.0. The molecular weight excluding hydrogens is 638 g/mol. The van der Waals surface area contributed by atoms with Crippen LogP contribution in [0.2, 0.25) is 0 Å². The Bertz CT molecular complexity index is 1080. The van der Waals surface area contributed by atoms with Crippen LogP contribution in [0.15, 0.2) is 0 Å². The van der Waals surface area contributed by atoms with Crippen molar-refractivity contribution in [3.05, 3.63) is 0 Å². The standard InChI is InChI=1S/C29H46Cl2F3N7O4/c1-3-20-25(39-6-8-40(9-7-39)28(45)24-26(43)15(2)36-14-37-24)27(44)23-21(11-17(30)12-35-23)41(20)13-22(42)38-19-5-4-16(10-18(19)31)29(32,33)34/h15-21,23-26,35-37,43H,3-14H2,1-2H3,(H,38,42). The summed E-state index contributed by atoms with van der Waals surface area (Å²) in [6, 6.07) is -3.16. The van der Waals surface area contributed by atoms with Crippen molar-refractivity contribution in [2.75, 3.05) is 45.9 Å². The first kappa shape index (κ1) is 35.1. The number of piperazine rings is 1. The summed E-state index contributed by atoms with van der Waals surface area (Å²) in [4.78, 5) is 46.7. The van der Waals surface area contributed by atoms with Gasteiger partial charge in [0.25, 0.3) is 0 Å². The lowest BCUT2D eigenvalue weighted by Crippen LogP contribution is -2.75. The lowest BCUT2D eigenvalue weighted by atomic mass is 9.79. The Balaban J connectivity index is 1.26. The molecule has 16 heteroatoms. The summed E-state index contributed by atoms with van der Waals surface area (Å²) in [6.45, 7) is 6.37. The van der Waals surface area contributed by atoms with Gasteiger partial charge in [-0.3, -0.25) is 34.8 Å². The minimum absolute atomic E-state index is 0.0343. The molecule has 0 aromatic heterocycles. The van der Waals surface area contributed by atoms with Crippen molar-refractivity contribution in [3.63, 3.8) is 0 Å². The highest BCUT2D eigenvalue weighted by Gasteiger charge is 2.53. The monoisotopic (exact) mass is 683 g/mol. The number of nitrogens with one attached hydrogen (secondary N) is 4. The van der Waals surface area contributed by atoms with Gasteiger partial charge in [0.15, 0.2) is 5.78 Å². The predicted molar refractivity (Wildman–Crippen MR) is 163 cm³/mol. The van der Waals surface area contributed by atoms with Crippen LogP contribution in [0, 0.1) is 5.92 Å². The van der Waals surface area contributed by atoms with Gasteiger partial charge in [-0.05, 0) is 39.0 Å². The third kappa shape index (κ3) is 7.58. The molecule has 5 N–H and O–H groups in total. The van der Waals surface area contributed by atoms with Crippen LogP contribution in [-0.4, -0.2) is 149 Å². The fraction of sp³-hybridized carbons (Fsp3) is 0.897. The van der Waals surface area contributed by atoms with Crippen LogP contribution >= 0.6 is 23.2 Å². The summed E-state index contributed by atoms with van der Waals surface area (Å²) in [7, 11) is 0. The second kappa shape index (κ2) is 14.5. The maximum absolute atomic E-state index is 14.1. The summed E-state index contributed by atoms with van der Waals surface area (Å²) >= 11 is 12.9. The number of alkyl halides is 5. The van der Waals surface area contributed by atoms with E-state index in [1.54, 1.807) is 4.90 Å². The normalized spacial score (nSPS) is 40.6. The number of Topliss-reactive ketones (excluding diaryl/α,β-unsaturated/α-hetero) is 1. The lowest BCUT2D eigenvalue weighted by Gasteiger charge is -2.54. The number of carbonyl (C=O) groups is 3. The minimum Gasteiger partial charge on any atom is -0.389 e. The highest BCUT2D eigenvalue weighted by molar-refractivity contribution is 6.21. The summed E-state index contributed by atoms with van der Waals surface area (Å²) in [5.74, 6) is -1.93. The van der Waals surface area contributed by atoms with Gasteiger partial charge in [-0.15, -0.1) is 23.2 Å². The molecule has 11 unspecified atom stereocenters. The van der Waals surface area contributed by atoms with E-state index in [4.69, 9.17) is 23.2 Å². The number of halogens is 5. The van der Waals surface area contributed by atoms with E-state index in [2.05, 4.69) is 26.2 Å². The van der Waals surface area contributed by atoms with Crippen molar-refractivity contribution in [1.82, 2.24) is 36.0 Å². The zero-order valence-corrected chi connectivity index (χ0v) is 27.3. The molecule has 5 aliphatic rings. The van der Waals surface area contributed by atoms with Crippen LogP contribution in [0.4, 0.5) is 13.2 Å². The molecule has 256 valence electrons. The van der Waals surface area contributed by atoms with Crippen LogP contribution < -0.4 is 21.3 Å². The molecule has 1 saturated carbocycles. The Morgan fingerprint density at radius 3 is 2.42 bits per heavy atom. The minimum atomic E-state index is -4.31. The van der Waals surface area contributed by atoms with E-state index in [-0.39, 0.29) is 66.9 Å². The first-order valence-electron chi connectivity index (χ1n) is 16.1. The third-order valence-electron chi connectivity index (χ3n) is 10.5. The average molecular weight is 685 g/mol. The number of likely N-dealkylation sites (tertiary alicyclic amines) is 1. The summed E-state index contributed by atoms with van der Waals surface area (Å²) in [5.41, 5.74) is 0. The van der Waals surface area contributed by atoms with Gasteiger partial charge in [-0.1, -0.05) is 6.92 Å². The molecule has 11 atom stereocenters. The topological polar surface area (TPSA) is 129 Å². The van der Waals surface area contributed by atoms with Crippen LogP contribution in [-0.2, 0) is 14.4 Å². The van der Waals surface area contributed by atoms with Crippen molar-refractivity contribution in [2.24, 2.45) is 5.92 Å². The van der Waals surface area contributed by atoms with Crippen molar-refractivity contribution in [3.8, 4) is 0 Å². The van der Waals surface area contributed by atoms with Crippen molar-refractivity contribution in [2.45, 2.75) is 111 Å². The highest BCUT2D eigenvalue weighted by Crippen LogP contribution is 2.39. The zero-order chi connectivity index (χ0) is 32.6. The Morgan fingerprint density at radius 2 is 1.78 bits per heavy atom. The van der Waals surface area contributed by atoms with Gasteiger partial charge in [0, 0.05) is 68.9 Å². The second-order valence-electron chi connectivity index (χ2n) is 13.2. The van der Waals surface area contributed by atoms with Gasteiger partial charge in [-0.2, -0.15) is 13.2 Å². The van der Waals surface area contributed by atoms with Gasteiger partial charge in [0.1, 0.15) is 6.04 Å². The maximum Gasteiger partial charge on any atom is 0.391 e. The van der Waals surface area contributed by atoms with Gasteiger partial charge < -0.3 is 20.6 Å². The molecule has 0 bridgehead atoms. The Morgan fingerprint density at radius 1 is 1.07 bits per heavy atom. The Hall–Kier alpha value is -1.26. The molecule has 0 radical (unpaired) electrons. The lowest BCUT2D eigenvalue weighted by molar-refractivity contribution is -0.182. The third-order valence-corrected chi connectivity index (χ3v) is 11.3. The largest absolute Gasteiger partial charge is 0.391 e. The van der Waals surface area contributed by atoms with E-state index in [1.807, 2.05) is 18.7 Å². The molecule has 4 aliphatic heterocycles. The van der Waals surface area contributed by atoms with Gasteiger partial charge in [0.05, 0.1) is 36.0 Å². The van der Waals surface area contributed by atoms with Crippen molar-refractivity contribution >= 4 is 40.8 Å². The number of nitrogens with zero attached hydrogens (tertiary/aromatic N) is 3. The van der Waals surface area contributed by atoms with E-state index in [9.17, 15) is 32.7 Å². The van der Waals surface area contributed by atoms with Gasteiger partial charge in [-0.25, -0.2) is 0 Å². The smallest absolute Gasteiger partial charge is 0.389 e. The highest BCUT2D eigenvalue weighted by atomic mass is 35.5. The van der Waals surface area contributed by atoms with Gasteiger partial charge >= 0.3 is 6.18 Å². The SMILES string of the molecule is CCC1C(N2CCN(C(=O)C3NCNC(C)C3O)CC2)C(=O)C2NCC(Cl)CC2N1CC(=O)NC1CCC(C(F)(F)F)CC1Cl. The number of hydrogen-bond donors (Lipinski definition) is 5. The summed E-state index contributed by atoms with van der Waals surface area (Å²) < 4.78 is 39.7. The summed E-state index contributed by atoms with van der Waals surface area (Å²) in [6.07, 6.45) is -4.25. The zero-order valence-electron chi connectivity index (χ0n) is 25.7. The Labute approximate surface area is 272 Å². The van der Waals surface area contributed by atoms with Crippen LogP contribution in [0.25, 0.3) is 0 Å². The molecule has 45 heavy (non-hydrogen) atoms. The number of rotatable bonds is 6. The fourth-order valence-corrected chi connectivity index (χ4v) is 8.59. The molecule has 4 saturated heterocycles. The van der Waals surface area contributed by atoms with E-state index in [0.29, 0.717) is 52.2 Å². The molecule has 4 heterocycles. The molecule has 0 aromatic rings. The number of ketones is 1. The predicted octanol–water partition coefficient (Wildman–Crippen LogP) is 0.223. The van der Waals surface area contributed by atoms with E-state index >= 15 is 0 Å². The molecule has 1 aliphatic carbocycles. The number of piperidine rings is 2. The van der Waals surface area contributed by atoms with Crippen LogP contribution in [0.1, 0.15) is 46.0 Å². The quantitative estimate of drug-likeness (QED) is 0.250. The second-order valence-corrected chi connectivity index (χ2v) is 14.4. The average Bonchev–Trinajstić information content (AvgIpc) is 3.00. The molecule has 2 amide bonds. The number of hydrogen-bond acceptors (Lipinski definition) is 9. The Kier molecular flexibility index (Phi) is 11.3. The van der Waals surface area contributed by atoms with E-state index in [1.165, 1.54) is 0 Å². The molecule has 5 rings (SSSR count). The van der Waals surface area contributed by atoms with Crippen molar-refractivity contribution < 1.29 is 32.7 Å². The number of amides is 2. The number of carbonyl (C=O) groups excluding carboxylic acids is 3. The van der Waals surface area contributed by atoms with Gasteiger partial charge in [0.2, 0.25) is 11.8 Å². The van der Waals surface area contributed by atoms with E-state index < -0.39 is 47.7 Å². The van der Waals surface area contributed by atoms with E-state index in [0.717, 1.165) is 0 Å². The molecule has 0 aromatic carbocycles. The van der Waals surface area contributed by atoms with Crippen molar-refractivity contribution in [1.29, 1.82) is 0 Å². The molecule has 11 nitrogen and oxygen atoms in total. The van der Waals surface area contributed by atoms with Crippen LogP contribution in [0.5, 0.6) is 0 Å². The fourth-order valence-electron chi connectivity index (χ4n) is 7.91. The number of aliphatic hydroxyl groups excluding tert-OH is 1. The number of aliphatic hydroxyl groups is 1.